The van der Waals surface area contributed by atoms with Crippen molar-refractivity contribution in [2.75, 3.05) is 6.54 Å². The topological polar surface area (TPSA) is 46.1 Å². The molecule has 0 saturated heterocycles. The van der Waals surface area contributed by atoms with E-state index in [2.05, 4.69) is 71.9 Å². The molecule has 27 heavy (non-hydrogen) atoms. The second kappa shape index (κ2) is 8.45. The molecule has 0 spiro atoms. The maximum Gasteiger partial charge on any atom is 0.237 e. The third-order valence-corrected chi connectivity index (χ3v) is 5.09. The molecule has 1 aliphatic heterocycles. The molecule has 0 aliphatic carbocycles. The van der Waals surface area contributed by atoms with Crippen LogP contribution in [-0.2, 0) is 17.8 Å². The van der Waals surface area contributed by atoms with Gasteiger partial charge < -0.3 is 9.88 Å². The van der Waals surface area contributed by atoms with Crippen LogP contribution in [0.1, 0.15) is 44.4 Å². The van der Waals surface area contributed by atoms with Gasteiger partial charge in [0.25, 0.3) is 0 Å². The molecule has 142 valence electrons. The van der Waals surface area contributed by atoms with Gasteiger partial charge >= 0.3 is 0 Å². The van der Waals surface area contributed by atoms with E-state index in [9.17, 15) is 4.79 Å². The minimum Gasteiger partial charge on any atom is -0.351 e. The Morgan fingerprint density at radius 2 is 2.30 bits per heavy atom. The predicted octanol–water partition coefficient (Wildman–Crippen LogP) is 3.57. The van der Waals surface area contributed by atoms with Crippen LogP contribution in [0.4, 0.5) is 0 Å². The third kappa shape index (κ3) is 4.09. The molecule has 0 bridgehead atoms. The second-order valence-electron chi connectivity index (χ2n) is 7.59. The summed E-state index contributed by atoms with van der Waals surface area (Å²) in [4.78, 5) is 12.7. The summed E-state index contributed by atoms with van der Waals surface area (Å²) in [7, 11) is 0. The Morgan fingerprint density at radius 1 is 1.48 bits per heavy atom. The van der Waals surface area contributed by atoms with E-state index >= 15 is 0 Å². The molecule has 1 aromatic carbocycles. The lowest BCUT2D eigenvalue weighted by molar-refractivity contribution is -0.123. The van der Waals surface area contributed by atoms with Crippen molar-refractivity contribution in [1.82, 2.24) is 15.2 Å². The van der Waals surface area contributed by atoms with Crippen LogP contribution in [0, 0.1) is 17.8 Å². The number of amides is 1. The van der Waals surface area contributed by atoms with Gasteiger partial charge in [0.15, 0.2) is 0 Å². The summed E-state index contributed by atoms with van der Waals surface area (Å²) in [6, 6.07) is 6.38. The fourth-order valence-electron chi connectivity index (χ4n) is 3.95. The minimum atomic E-state index is -0.252. The molecule has 2 unspecified atom stereocenters. The SMILES string of the molecule is C=CCNC(=O)C1Cc2cn(CC#CC)c3cccc(c23)C(CC(C)C)N1. The van der Waals surface area contributed by atoms with Gasteiger partial charge in [-0.3, -0.25) is 10.1 Å². The van der Waals surface area contributed by atoms with E-state index in [1.54, 1.807) is 6.08 Å². The highest BCUT2D eigenvalue weighted by Crippen LogP contribution is 2.35. The first kappa shape index (κ1) is 19.3. The molecule has 2 aromatic rings. The molecule has 2 atom stereocenters. The summed E-state index contributed by atoms with van der Waals surface area (Å²) in [6.07, 6.45) is 5.56. The Morgan fingerprint density at radius 3 is 3.00 bits per heavy atom. The van der Waals surface area contributed by atoms with Gasteiger partial charge in [0.1, 0.15) is 0 Å². The molecule has 0 fully saturated rings. The van der Waals surface area contributed by atoms with E-state index in [-0.39, 0.29) is 18.0 Å². The summed E-state index contributed by atoms with van der Waals surface area (Å²) in [5.74, 6) is 6.71. The largest absolute Gasteiger partial charge is 0.351 e. The molecule has 2 heterocycles. The normalized spacial score (nSPS) is 18.7. The molecule has 4 nitrogen and oxygen atoms in total. The summed E-state index contributed by atoms with van der Waals surface area (Å²) in [6.45, 7) is 11.2. The number of nitrogens with zero attached hydrogens (tertiary/aromatic N) is 1. The van der Waals surface area contributed by atoms with Crippen molar-refractivity contribution in [3.63, 3.8) is 0 Å². The molecule has 2 N–H and O–H groups in total. The van der Waals surface area contributed by atoms with Crippen molar-refractivity contribution in [3.05, 3.63) is 48.2 Å². The monoisotopic (exact) mass is 363 g/mol. The molecular weight excluding hydrogens is 334 g/mol. The maximum atomic E-state index is 12.7. The van der Waals surface area contributed by atoms with E-state index in [1.807, 2.05) is 6.92 Å². The summed E-state index contributed by atoms with van der Waals surface area (Å²) < 4.78 is 2.21. The molecule has 1 aromatic heterocycles. The lowest BCUT2D eigenvalue weighted by atomic mass is 9.94. The Labute approximate surface area is 162 Å². The average Bonchev–Trinajstić information content (AvgIpc) is 2.92. The Bertz CT molecular complexity index is 897. The molecule has 1 amide bonds. The summed E-state index contributed by atoms with van der Waals surface area (Å²) in [5.41, 5.74) is 3.71. The van der Waals surface area contributed by atoms with Gasteiger partial charge in [0.2, 0.25) is 5.91 Å². The number of carbonyl (C=O) groups is 1. The molecule has 3 rings (SSSR count). The Hall–Kier alpha value is -2.51. The van der Waals surface area contributed by atoms with E-state index in [1.165, 1.54) is 22.0 Å². The number of rotatable bonds is 6. The fraction of sp³-hybridized carbons (Fsp3) is 0.435. The lowest BCUT2D eigenvalue weighted by Gasteiger charge is -2.25. The highest BCUT2D eigenvalue weighted by molar-refractivity contribution is 5.90. The van der Waals surface area contributed by atoms with E-state index in [0.717, 1.165) is 6.42 Å². The minimum absolute atomic E-state index is 0.0331. The first-order chi connectivity index (χ1) is 13.0. The van der Waals surface area contributed by atoms with Gasteiger partial charge in [0.05, 0.1) is 12.6 Å². The Balaban J connectivity index is 2.07. The van der Waals surface area contributed by atoms with Gasteiger partial charge in [-0.1, -0.05) is 38.0 Å². The van der Waals surface area contributed by atoms with Crippen molar-refractivity contribution in [2.45, 2.75) is 52.2 Å². The first-order valence-corrected chi connectivity index (χ1v) is 9.70. The van der Waals surface area contributed by atoms with Crippen molar-refractivity contribution in [2.24, 2.45) is 5.92 Å². The summed E-state index contributed by atoms with van der Waals surface area (Å²) >= 11 is 0. The van der Waals surface area contributed by atoms with E-state index < -0.39 is 0 Å². The van der Waals surface area contributed by atoms with Gasteiger partial charge in [-0.05, 0) is 42.9 Å². The number of hydrogen-bond acceptors (Lipinski definition) is 2. The highest BCUT2D eigenvalue weighted by atomic mass is 16.2. The third-order valence-electron chi connectivity index (χ3n) is 5.09. The smallest absolute Gasteiger partial charge is 0.237 e. The van der Waals surface area contributed by atoms with Crippen LogP contribution < -0.4 is 10.6 Å². The second-order valence-corrected chi connectivity index (χ2v) is 7.59. The van der Waals surface area contributed by atoms with Crippen molar-refractivity contribution in [1.29, 1.82) is 0 Å². The summed E-state index contributed by atoms with van der Waals surface area (Å²) in [5, 5.41) is 7.87. The van der Waals surface area contributed by atoms with Gasteiger partial charge in [0, 0.05) is 29.7 Å². The molecule has 0 saturated carbocycles. The van der Waals surface area contributed by atoms with Crippen LogP contribution in [0.15, 0.2) is 37.1 Å². The lowest BCUT2D eigenvalue weighted by Crippen LogP contribution is -2.46. The molecule has 0 radical (unpaired) electrons. The Kier molecular flexibility index (Phi) is 6.03. The van der Waals surface area contributed by atoms with Crippen LogP contribution >= 0.6 is 0 Å². The van der Waals surface area contributed by atoms with Crippen LogP contribution in [0.25, 0.3) is 10.9 Å². The average molecular weight is 364 g/mol. The van der Waals surface area contributed by atoms with Gasteiger partial charge in [-0.2, -0.15) is 0 Å². The predicted molar refractivity (Wildman–Crippen MR) is 111 cm³/mol. The zero-order valence-electron chi connectivity index (χ0n) is 16.5. The molecule has 1 aliphatic rings. The van der Waals surface area contributed by atoms with E-state index in [4.69, 9.17) is 0 Å². The van der Waals surface area contributed by atoms with Crippen LogP contribution in [0.3, 0.4) is 0 Å². The standard InChI is InChI=1S/C23H29N3O/c1-5-7-12-26-15-17-14-20(23(27)24-11-6-2)25-19(13-16(3)4)18-9-8-10-21(26)22(17)18/h6,8-10,15-16,19-20,25H,2,11-14H2,1,3-4H3,(H,24,27). The van der Waals surface area contributed by atoms with Crippen LogP contribution in [0.5, 0.6) is 0 Å². The zero-order chi connectivity index (χ0) is 19.4. The fourth-order valence-corrected chi connectivity index (χ4v) is 3.95. The van der Waals surface area contributed by atoms with E-state index in [0.29, 0.717) is 25.4 Å². The van der Waals surface area contributed by atoms with Crippen molar-refractivity contribution < 1.29 is 4.79 Å². The molecular formula is C23H29N3O. The van der Waals surface area contributed by atoms with Crippen LogP contribution in [-0.4, -0.2) is 23.1 Å². The quantitative estimate of drug-likeness (QED) is 0.609. The first-order valence-electron chi connectivity index (χ1n) is 9.70. The maximum absolute atomic E-state index is 12.7. The van der Waals surface area contributed by atoms with Crippen molar-refractivity contribution >= 4 is 16.8 Å². The number of benzene rings is 1. The number of carbonyl (C=O) groups excluding carboxylic acids is 1. The zero-order valence-corrected chi connectivity index (χ0v) is 16.5. The van der Waals surface area contributed by atoms with Crippen molar-refractivity contribution in [3.8, 4) is 11.8 Å². The number of nitrogens with one attached hydrogen (secondary N) is 2. The van der Waals surface area contributed by atoms with Crippen LogP contribution in [0.2, 0.25) is 0 Å². The van der Waals surface area contributed by atoms with Gasteiger partial charge in [-0.25, -0.2) is 0 Å². The highest BCUT2D eigenvalue weighted by Gasteiger charge is 2.30. The number of hydrogen-bond donors (Lipinski definition) is 2. The van der Waals surface area contributed by atoms with Gasteiger partial charge in [-0.15, -0.1) is 12.5 Å². The number of aromatic nitrogens is 1. The molecule has 4 heteroatoms.